The lowest BCUT2D eigenvalue weighted by atomic mass is 10.1. The fraction of sp³-hybridized carbons (Fsp3) is 0. The van der Waals surface area contributed by atoms with Crippen molar-refractivity contribution in [3.63, 3.8) is 0 Å². The van der Waals surface area contributed by atoms with Crippen molar-refractivity contribution in [1.29, 1.82) is 0 Å². The van der Waals surface area contributed by atoms with E-state index in [1.807, 2.05) is 48.5 Å². The Hall–Kier alpha value is -3.25. The first kappa shape index (κ1) is 15.3. The lowest BCUT2D eigenvalue weighted by Gasteiger charge is -2.03. The molecule has 0 saturated heterocycles. The maximum absolute atomic E-state index is 5.90. The lowest BCUT2D eigenvalue weighted by molar-refractivity contribution is 1.08. The number of hydrogen-bond acceptors (Lipinski definition) is 5. The third-order valence-electron chi connectivity index (χ3n) is 3.55. The van der Waals surface area contributed by atoms with Gasteiger partial charge in [0.2, 0.25) is 11.9 Å². The Kier molecular flexibility index (Phi) is 4.10. The zero-order valence-electron chi connectivity index (χ0n) is 13.0. The van der Waals surface area contributed by atoms with E-state index >= 15 is 0 Å². The number of H-pyrrole nitrogens is 1. The van der Waals surface area contributed by atoms with Crippen LogP contribution in [0.15, 0.2) is 66.9 Å². The predicted octanol–water partition coefficient (Wildman–Crippen LogP) is 4.33. The summed E-state index contributed by atoms with van der Waals surface area (Å²) in [5.74, 6) is 1.47. The van der Waals surface area contributed by atoms with Gasteiger partial charge in [-0.25, -0.2) is 9.97 Å². The number of nitrogens with one attached hydrogen (secondary N) is 2. The van der Waals surface area contributed by atoms with Crippen LogP contribution in [0.3, 0.4) is 0 Å². The molecule has 0 aliphatic carbocycles. The van der Waals surface area contributed by atoms with Gasteiger partial charge in [-0.3, -0.25) is 10.4 Å². The molecule has 0 radical (unpaired) electrons. The van der Waals surface area contributed by atoms with Gasteiger partial charge >= 0.3 is 0 Å². The summed E-state index contributed by atoms with van der Waals surface area (Å²) in [6.07, 6.45) is 1.70. The molecule has 0 atom stereocenters. The molecule has 0 saturated carbocycles. The number of benzene rings is 2. The zero-order valence-corrected chi connectivity index (χ0v) is 13.8. The summed E-state index contributed by atoms with van der Waals surface area (Å²) >= 11 is 5.90. The molecule has 122 valence electrons. The second-order valence-electron chi connectivity index (χ2n) is 5.27. The van der Waals surface area contributed by atoms with Gasteiger partial charge in [-0.05, 0) is 30.3 Å². The summed E-state index contributed by atoms with van der Waals surface area (Å²) in [6.45, 7) is 0. The molecular formula is C18H13ClN6. The first-order chi connectivity index (χ1) is 12.3. The Labute approximate surface area is 149 Å². The Morgan fingerprint density at radius 1 is 0.800 bits per heavy atom. The van der Waals surface area contributed by atoms with Gasteiger partial charge in [0.1, 0.15) is 0 Å². The highest BCUT2D eigenvalue weighted by molar-refractivity contribution is 6.30. The molecule has 0 fully saturated rings. The van der Waals surface area contributed by atoms with E-state index in [2.05, 4.69) is 30.5 Å². The molecule has 2 aromatic carbocycles. The van der Waals surface area contributed by atoms with Crippen LogP contribution in [0.2, 0.25) is 5.02 Å². The van der Waals surface area contributed by atoms with Crippen molar-refractivity contribution < 1.29 is 0 Å². The van der Waals surface area contributed by atoms with Crippen LogP contribution in [0.5, 0.6) is 0 Å². The lowest BCUT2D eigenvalue weighted by Crippen LogP contribution is -1.99. The van der Waals surface area contributed by atoms with E-state index in [0.717, 1.165) is 16.8 Å². The van der Waals surface area contributed by atoms with Crippen LogP contribution in [-0.2, 0) is 0 Å². The normalized spacial score (nSPS) is 10.6. The molecule has 2 heterocycles. The monoisotopic (exact) mass is 348 g/mol. The molecule has 4 rings (SSSR count). The number of aromatic amines is 1. The Morgan fingerprint density at radius 2 is 1.60 bits per heavy atom. The van der Waals surface area contributed by atoms with E-state index in [4.69, 9.17) is 11.6 Å². The molecule has 0 amide bonds. The SMILES string of the molecule is Clc1ccc(-c2nc(Nc3nccc(-c4ccccc4)n3)n[nH]2)cc1. The van der Waals surface area contributed by atoms with Crippen molar-refractivity contribution in [1.82, 2.24) is 25.1 Å². The summed E-state index contributed by atoms with van der Waals surface area (Å²) in [4.78, 5) is 13.1. The average molecular weight is 349 g/mol. The molecule has 25 heavy (non-hydrogen) atoms. The second-order valence-corrected chi connectivity index (χ2v) is 5.71. The third kappa shape index (κ3) is 3.49. The number of aromatic nitrogens is 5. The van der Waals surface area contributed by atoms with Crippen LogP contribution < -0.4 is 5.32 Å². The largest absolute Gasteiger partial charge is 0.291 e. The Bertz CT molecular complexity index is 982. The molecular weight excluding hydrogens is 336 g/mol. The van der Waals surface area contributed by atoms with Crippen molar-refractivity contribution in [2.24, 2.45) is 0 Å². The van der Waals surface area contributed by atoms with E-state index in [1.54, 1.807) is 18.3 Å². The number of halogens is 1. The Morgan fingerprint density at radius 3 is 2.40 bits per heavy atom. The molecule has 0 aliphatic rings. The van der Waals surface area contributed by atoms with Crippen molar-refractivity contribution >= 4 is 23.5 Å². The molecule has 7 heteroatoms. The maximum atomic E-state index is 5.90. The van der Waals surface area contributed by atoms with Gasteiger partial charge in [0.15, 0.2) is 5.82 Å². The standard InChI is InChI=1S/C18H13ClN6/c19-14-8-6-13(7-9-14)16-22-18(25-24-16)23-17-20-11-10-15(21-17)12-4-2-1-3-5-12/h1-11H,(H2,20,21,22,23,24,25). The fourth-order valence-electron chi connectivity index (χ4n) is 2.34. The van der Waals surface area contributed by atoms with Gasteiger partial charge in [-0.2, -0.15) is 4.98 Å². The third-order valence-corrected chi connectivity index (χ3v) is 3.80. The van der Waals surface area contributed by atoms with Crippen LogP contribution in [0.25, 0.3) is 22.6 Å². The number of anilines is 2. The maximum Gasteiger partial charge on any atom is 0.249 e. The molecule has 0 bridgehead atoms. The number of rotatable bonds is 4. The molecule has 2 N–H and O–H groups in total. The van der Waals surface area contributed by atoms with Gasteiger partial charge in [0, 0.05) is 22.3 Å². The highest BCUT2D eigenvalue weighted by Crippen LogP contribution is 2.21. The number of hydrogen-bond donors (Lipinski definition) is 2. The van der Waals surface area contributed by atoms with Crippen molar-refractivity contribution in [3.05, 3.63) is 71.9 Å². The summed E-state index contributed by atoms with van der Waals surface area (Å²) in [7, 11) is 0. The van der Waals surface area contributed by atoms with Crippen LogP contribution in [-0.4, -0.2) is 25.1 Å². The van der Waals surface area contributed by atoms with Gasteiger partial charge in [0.05, 0.1) is 5.69 Å². The van der Waals surface area contributed by atoms with E-state index in [1.165, 1.54) is 0 Å². The summed E-state index contributed by atoms with van der Waals surface area (Å²) in [5.41, 5.74) is 2.74. The highest BCUT2D eigenvalue weighted by atomic mass is 35.5. The van der Waals surface area contributed by atoms with Gasteiger partial charge in [-0.1, -0.05) is 41.9 Å². The van der Waals surface area contributed by atoms with Crippen LogP contribution in [0, 0.1) is 0 Å². The molecule has 2 aromatic heterocycles. The molecule has 0 spiro atoms. The topological polar surface area (TPSA) is 79.4 Å². The van der Waals surface area contributed by atoms with Gasteiger partial charge < -0.3 is 0 Å². The van der Waals surface area contributed by atoms with Gasteiger partial charge in [0.25, 0.3) is 0 Å². The van der Waals surface area contributed by atoms with Crippen molar-refractivity contribution in [2.45, 2.75) is 0 Å². The molecule has 0 unspecified atom stereocenters. The van der Waals surface area contributed by atoms with E-state index in [9.17, 15) is 0 Å². The summed E-state index contributed by atoms with van der Waals surface area (Å²) in [6, 6.07) is 19.1. The minimum Gasteiger partial charge on any atom is -0.291 e. The molecule has 6 nitrogen and oxygen atoms in total. The Balaban J connectivity index is 1.56. The minimum absolute atomic E-state index is 0.398. The minimum atomic E-state index is 0.398. The predicted molar refractivity (Wildman–Crippen MR) is 97.6 cm³/mol. The quantitative estimate of drug-likeness (QED) is 0.574. The van der Waals surface area contributed by atoms with Crippen molar-refractivity contribution in [3.8, 4) is 22.6 Å². The van der Waals surface area contributed by atoms with Crippen LogP contribution in [0.4, 0.5) is 11.9 Å². The summed E-state index contributed by atoms with van der Waals surface area (Å²) in [5, 5.41) is 10.7. The average Bonchev–Trinajstić information content (AvgIpc) is 3.12. The first-order valence-electron chi connectivity index (χ1n) is 7.62. The fourth-order valence-corrected chi connectivity index (χ4v) is 2.47. The van der Waals surface area contributed by atoms with Gasteiger partial charge in [-0.15, -0.1) is 5.10 Å². The van der Waals surface area contributed by atoms with E-state index in [0.29, 0.717) is 22.7 Å². The van der Waals surface area contributed by atoms with E-state index in [-0.39, 0.29) is 0 Å². The molecule has 4 aromatic rings. The second kappa shape index (κ2) is 6.70. The van der Waals surface area contributed by atoms with Crippen LogP contribution in [0.1, 0.15) is 0 Å². The van der Waals surface area contributed by atoms with Crippen LogP contribution >= 0.6 is 11.6 Å². The molecule has 0 aliphatic heterocycles. The summed E-state index contributed by atoms with van der Waals surface area (Å²) < 4.78 is 0. The smallest absolute Gasteiger partial charge is 0.249 e. The van der Waals surface area contributed by atoms with Crippen molar-refractivity contribution in [2.75, 3.05) is 5.32 Å². The highest BCUT2D eigenvalue weighted by Gasteiger charge is 2.08. The van der Waals surface area contributed by atoms with E-state index < -0.39 is 0 Å². The first-order valence-corrected chi connectivity index (χ1v) is 7.99. The number of nitrogens with zero attached hydrogens (tertiary/aromatic N) is 4. The zero-order chi connectivity index (χ0) is 17.1.